The Morgan fingerprint density at radius 3 is 2.48 bits per heavy atom. The van der Waals surface area contributed by atoms with Gasteiger partial charge in [0.05, 0.1) is 26.7 Å². The van der Waals surface area contributed by atoms with Crippen LogP contribution in [0.1, 0.15) is 17.0 Å². The number of benzene rings is 2. The lowest BCUT2D eigenvalue weighted by molar-refractivity contribution is -0.521. The number of para-hydroxylation sites is 1. The molecular formula is C19H22N2O4. The van der Waals surface area contributed by atoms with Crippen molar-refractivity contribution in [1.82, 2.24) is 4.90 Å². The molecule has 0 aliphatic carbocycles. The van der Waals surface area contributed by atoms with E-state index in [4.69, 9.17) is 9.47 Å². The van der Waals surface area contributed by atoms with Gasteiger partial charge in [-0.05, 0) is 11.6 Å². The molecule has 0 spiro atoms. The van der Waals surface area contributed by atoms with Crippen molar-refractivity contribution < 1.29 is 14.4 Å². The summed E-state index contributed by atoms with van der Waals surface area (Å²) in [5, 5.41) is 11.6. The molecule has 6 nitrogen and oxygen atoms in total. The van der Waals surface area contributed by atoms with Crippen LogP contribution in [0.5, 0.6) is 11.5 Å². The zero-order valence-electron chi connectivity index (χ0n) is 14.4. The Balaban J connectivity index is 1.88. The summed E-state index contributed by atoms with van der Waals surface area (Å²) in [6.45, 7) is 1.74. The van der Waals surface area contributed by atoms with Crippen LogP contribution in [0.4, 0.5) is 0 Å². The van der Waals surface area contributed by atoms with E-state index in [1.807, 2.05) is 42.5 Å². The fourth-order valence-electron chi connectivity index (χ4n) is 3.56. The summed E-state index contributed by atoms with van der Waals surface area (Å²) in [5.41, 5.74) is 1.99. The lowest BCUT2D eigenvalue weighted by atomic mass is 9.93. The van der Waals surface area contributed by atoms with Crippen LogP contribution in [0.15, 0.2) is 48.5 Å². The number of methoxy groups -OCH3 is 2. The van der Waals surface area contributed by atoms with E-state index in [9.17, 15) is 10.1 Å². The first-order valence-electron chi connectivity index (χ1n) is 8.24. The van der Waals surface area contributed by atoms with Gasteiger partial charge in [0.1, 0.15) is 0 Å². The topological polar surface area (TPSA) is 64.8 Å². The quantitative estimate of drug-likeness (QED) is 0.596. The van der Waals surface area contributed by atoms with E-state index >= 15 is 0 Å². The maximum absolute atomic E-state index is 11.6. The van der Waals surface area contributed by atoms with Crippen LogP contribution >= 0.6 is 0 Å². The second-order valence-electron chi connectivity index (χ2n) is 6.22. The summed E-state index contributed by atoms with van der Waals surface area (Å²) in [7, 11) is 3.14. The first-order valence-corrected chi connectivity index (χ1v) is 8.24. The molecule has 0 bridgehead atoms. The summed E-state index contributed by atoms with van der Waals surface area (Å²) in [5.74, 6) is 0.954. The van der Waals surface area contributed by atoms with Gasteiger partial charge in [-0.1, -0.05) is 42.5 Å². The molecule has 3 rings (SSSR count). The van der Waals surface area contributed by atoms with Crippen LogP contribution in [0.25, 0.3) is 0 Å². The Labute approximate surface area is 147 Å². The predicted octanol–water partition coefficient (Wildman–Crippen LogP) is 2.95. The van der Waals surface area contributed by atoms with E-state index in [-0.39, 0.29) is 10.8 Å². The Hall–Kier alpha value is -2.60. The Morgan fingerprint density at radius 2 is 1.84 bits per heavy atom. The minimum atomic E-state index is -0.662. The molecule has 1 saturated heterocycles. The molecule has 2 aromatic rings. The van der Waals surface area contributed by atoms with Gasteiger partial charge in [0.25, 0.3) is 0 Å². The third-order valence-electron chi connectivity index (χ3n) is 4.72. The second-order valence-corrected chi connectivity index (χ2v) is 6.22. The van der Waals surface area contributed by atoms with E-state index in [1.165, 1.54) is 0 Å². The van der Waals surface area contributed by atoms with E-state index in [2.05, 4.69) is 4.90 Å². The molecule has 6 heteroatoms. The fraction of sp³-hybridized carbons (Fsp3) is 0.368. The summed E-state index contributed by atoms with van der Waals surface area (Å²) in [4.78, 5) is 13.6. The van der Waals surface area contributed by atoms with Crippen LogP contribution in [0.3, 0.4) is 0 Å². The molecule has 1 aliphatic rings. The molecule has 0 saturated carbocycles. The van der Waals surface area contributed by atoms with Crippen molar-refractivity contribution in [2.45, 2.75) is 18.5 Å². The van der Waals surface area contributed by atoms with Gasteiger partial charge in [-0.25, -0.2) is 0 Å². The molecule has 0 aromatic heterocycles. The highest BCUT2D eigenvalue weighted by atomic mass is 16.6. The number of rotatable bonds is 6. The first-order chi connectivity index (χ1) is 12.1. The Bertz CT molecular complexity index is 735. The Morgan fingerprint density at radius 1 is 1.08 bits per heavy atom. The SMILES string of the molecule is COc1cccc(C2CN(Cc3ccccc3)CC2[N+](=O)[O-])c1OC. The third-order valence-corrected chi connectivity index (χ3v) is 4.72. The van der Waals surface area contributed by atoms with E-state index in [0.29, 0.717) is 31.1 Å². The summed E-state index contributed by atoms with van der Waals surface area (Å²) in [6.07, 6.45) is 0. The number of nitro groups is 1. The average Bonchev–Trinajstić information content (AvgIpc) is 3.05. The summed E-state index contributed by atoms with van der Waals surface area (Å²) in [6, 6.07) is 14.9. The van der Waals surface area contributed by atoms with Gasteiger partial charge in [-0.2, -0.15) is 0 Å². The van der Waals surface area contributed by atoms with Gasteiger partial charge in [0.2, 0.25) is 6.04 Å². The van der Waals surface area contributed by atoms with Gasteiger partial charge >= 0.3 is 0 Å². The normalized spacial score (nSPS) is 20.4. The lowest BCUT2D eigenvalue weighted by Crippen LogP contribution is -2.28. The van der Waals surface area contributed by atoms with Gasteiger partial charge in [0, 0.05) is 23.6 Å². The minimum absolute atomic E-state index is 0.172. The maximum atomic E-state index is 11.6. The van der Waals surface area contributed by atoms with Crippen molar-refractivity contribution in [1.29, 1.82) is 0 Å². The van der Waals surface area contributed by atoms with Crippen molar-refractivity contribution in [2.24, 2.45) is 0 Å². The number of hydrogen-bond acceptors (Lipinski definition) is 5. The summed E-state index contributed by atoms with van der Waals surface area (Å²) < 4.78 is 10.8. The molecule has 2 aromatic carbocycles. The molecular weight excluding hydrogens is 320 g/mol. The fourth-order valence-corrected chi connectivity index (χ4v) is 3.56. The van der Waals surface area contributed by atoms with Crippen LogP contribution in [0.2, 0.25) is 0 Å². The molecule has 0 N–H and O–H groups in total. The molecule has 25 heavy (non-hydrogen) atoms. The zero-order chi connectivity index (χ0) is 17.8. The van der Waals surface area contributed by atoms with Gasteiger partial charge in [0.15, 0.2) is 11.5 Å². The van der Waals surface area contributed by atoms with Crippen LogP contribution < -0.4 is 9.47 Å². The highest BCUT2D eigenvalue weighted by Gasteiger charge is 2.43. The highest BCUT2D eigenvalue weighted by Crippen LogP contribution is 2.40. The molecule has 0 radical (unpaired) electrons. The van der Waals surface area contributed by atoms with Gasteiger partial charge < -0.3 is 9.47 Å². The van der Waals surface area contributed by atoms with Crippen molar-refractivity contribution in [3.05, 3.63) is 69.8 Å². The predicted molar refractivity (Wildman–Crippen MR) is 94.8 cm³/mol. The van der Waals surface area contributed by atoms with Crippen molar-refractivity contribution in [3.63, 3.8) is 0 Å². The van der Waals surface area contributed by atoms with Crippen LogP contribution in [0, 0.1) is 10.1 Å². The molecule has 1 aliphatic heterocycles. The molecule has 2 unspecified atom stereocenters. The number of ether oxygens (including phenoxy) is 2. The van der Waals surface area contributed by atoms with E-state index in [0.717, 1.165) is 11.1 Å². The number of likely N-dealkylation sites (tertiary alicyclic amines) is 1. The largest absolute Gasteiger partial charge is 0.493 e. The molecule has 1 heterocycles. The number of hydrogen-bond donors (Lipinski definition) is 0. The average molecular weight is 342 g/mol. The standard InChI is InChI=1S/C19H22N2O4/c1-24-18-10-6-9-15(19(18)25-2)16-12-20(13-17(16)21(22)23)11-14-7-4-3-5-8-14/h3-10,16-17H,11-13H2,1-2H3. The highest BCUT2D eigenvalue weighted by molar-refractivity contribution is 5.49. The van der Waals surface area contributed by atoms with Gasteiger partial charge in [-0.3, -0.25) is 15.0 Å². The second kappa shape index (κ2) is 7.53. The summed E-state index contributed by atoms with van der Waals surface area (Å²) >= 11 is 0. The van der Waals surface area contributed by atoms with Crippen molar-refractivity contribution >= 4 is 0 Å². The first kappa shape index (κ1) is 17.2. The monoisotopic (exact) mass is 342 g/mol. The Kier molecular flexibility index (Phi) is 5.19. The molecule has 1 fully saturated rings. The maximum Gasteiger partial charge on any atom is 0.233 e. The molecule has 0 amide bonds. The third kappa shape index (κ3) is 3.58. The van der Waals surface area contributed by atoms with Crippen LogP contribution in [-0.4, -0.2) is 43.2 Å². The van der Waals surface area contributed by atoms with E-state index < -0.39 is 6.04 Å². The lowest BCUT2D eigenvalue weighted by Gasteiger charge is -2.18. The zero-order valence-corrected chi connectivity index (χ0v) is 14.4. The van der Waals surface area contributed by atoms with Gasteiger partial charge in [-0.15, -0.1) is 0 Å². The van der Waals surface area contributed by atoms with E-state index in [1.54, 1.807) is 20.3 Å². The van der Waals surface area contributed by atoms with Crippen molar-refractivity contribution in [3.8, 4) is 11.5 Å². The van der Waals surface area contributed by atoms with Crippen LogP contribution in [-0.2, 0) is 6.54 Å². The molecule has 2 atom stereocenters. The number of nitrogens with zero attached hydrogens (tertiary/aromatic N) is 2. The molecule has 132 valence electrons. The van der Waals surface area contributed by atoms with Crippen molar-refractivity contribution in [2.75, 3.05) is 27.3 Å². The minimum Gasteiger partial charge on any atom is -0.493 e. The smallest absolute Gasteiger partial charge is 0.233 e.